The van der Waals surface area contributed by atoms with Gasteiger partial charge in [0.1, 0.15) is 0 Å². The predicted molar refractivity (Wildman–Crippen MR) is 77.0 cm³/mol. The summed E-state index contributed by atoms with van der Waals surface area (Å²) in [5, 5.41) is 5.92. The Bertz CT molecular complexity index is 524. The molecule has 1 N–H and O–H groups in total. The molecule has 0 fully saturated rings. The molecule has 4 nitrogen and oxygen atoms in total. The Morgan fingerprint density at radius 3 is 3.00 bits per heavy atom. The van der Waals surface area contributed by atoms with Crippen LogP contribution in [0.2, 0.25) is 0 Å². The third-order valence-electron chi connectivity index (χ3n) is 2.62. The molecule has 0 atom stereocenters. The maximum Gasteiger partial charge on any atom is 0.219 e. The molecule has 2 aromatic rings. The van der Waals surface area contributed by atoms with Crippen LogP contribution in [0, 0.1) is 0 Å². The first-order chi connectivity index (χ1) is 9.29. The van der Waals surface area contributed by atoms with E-state index in [4.69, 9.17) is 0 Å². The fourth-order valence-corrected chi connectivity index (χ4v) is 2.47. The molecule has 0 radical (unpaired) electrons. The molecule has 19 heavy (non-hydrogen) atoms. The molecule has 0 unspecified atom stereocenters. The number of carbonyl (C=O) groups is 1. The Morgan fingerprint density at radius 2 is 2.26 bits per heavy atom. The highest BCUT2D eigenvalue weighted by atomic mass is 32.1. The number of aromatic nitrogens is 2. The highest BCUT2D eigenvalue weighted by Gasteiger charge is 2.05. The van der Waals surface area contributed by atoms with Crippen molar-refractivity contribution in [1.82, 2.24) is 15.3 Å². The summed E-state index contributed by atoms with van der Waals surface area (Å²) in [4.78, 5) is 20.1. The van der Waals surface area contributed by atoms with Gasteiger partial charge in [-0.3, -0.25) is 9.78 Å². The number of hydrogen-bond acceptors (Lipinski definition) is 4. The van der Waals surface area contributed by atoms with Crippen molar-refractivity contribution in [2.45, 2.75) is 26.2 Å². The molecule has 100 valence electrons. The van der Waals surface area contributed by atoms with Crippen LogP contribution in [0.25, 0.3) is 11.4 Å². The van der Waals surface area contributed by atoms with Gasteiger partial charge >= 0.3 is 0 Å². The van der Waals surface area contributed by atoms with Crippen molar-refractivity contribution >= 4 is 17.2 Å². The normalized spacial score (nSPS) is 10.4. The molecular formula is C14H17N3OS. The van der Waals surface area contributed by atoms with E-state index in [1.54, 1.807) is 17.5 Å². The van der Waals surface area contributed by atoms with Crippen LogP contribution in [0.5, 0.6) is 0 Å². The summed E-state index contributed by atoms with van der Waals surface area (Å²) in [6.07, 6.45) is 4.01. The number of nitrogens with one attached hydrogen (secondary N) is 1. The maximum absolute atomic E-state index is 11.3. The summed E-state index contributed by atoms with van der Waals surface area (Å²) in [5.41, 5.74) is 1.79. The van der Waals surface area contributed by atoms with Gasteiger partial charge in [-0.1, -0.05) is 13.0 Å². The SMILES string of the molecule is CCCC(=O)NCCc1nc(-c2ccccn2)cs1. The van der Waals surface area contributed by atoms with Gasteiger partial charge in [0, 0.05) is 31.0 Å². The van der Waals surface area contributed by atoms with E-state index in [0.717, 1.165) is 29.2 Å². The number of amides is 1. The molecule has 0 saturated carbocycles. The molecule has 0 saturated heterocycles. The average Bonchev–Trinajstić information content (AvgIpc) is 2.89. The van der Waals surface area contributed by atoms with Gasteiger partial charge in [-0.05, 0) is 18.6 Å². The van der Waals surface area contributed by atoms with Gasteiger partial charge in [-0.25, -0.2) is 4.98 Å². The number of carbonyl (C=O) groups excluding carboxylic acids is 1. The van der Waals surface area contributed by atoms with Gasteiger partial charge < -0.3 is 5.32 Å². The number of nitrogens with zero attached hydrogens (tertiary/aromatic N) is 2. The summed E-state index contributed by atoms with van der Waals surface area (Å²) < 4.78 is 0. The minimum absolute atomic E-state index is 0.115. The molecule has 2 aromatic heterocycles. The van der Waals surface area contributed by atoms with E-state index in [2.05, 4.69) is 15.3 Å². The lowest BCUT2D eigenvalue weighted by molar-refractivity contribution is -0.121. The number of pyridine rings is 1. The molecule has 0 aliphatic rings. The van der Waals surface area contributed by atoms with E-state index < -0.39 is 0 Å². The number of hydrogen-bond donors (Lipinski definition) is 1. The highest BCUT2D eigenvalue weighted by molar-refractivity contribution is 7.09. The lowest BCUT2D eigenvalue weighted by Crippen LogP contribution is -2.25. The second-order valence-electron chi connectivity index (χ2n) is 4.19. The van der Waals surface area contributed by atoms with E-state index >= 15 is 0 Å². The molecule has 0 bridgehead atoms. The molecule has 0 aliphatic heterocycles. The van der Waals surface area contributed by atoms with Crippen LogP contribution in [0.15, 0.2) is 29.8 Å². The Balaban J connectivity index is 1.86. The van der Waals surface area contributed by atoms with E-state index in [0.29, 0.717) is 13.0 Å². The molecule has 1 amide bonds. The Morgan fingerprint density at radius 1 is 1.37 bits per heavy atom. The summed E-state index contributed by atoms with van der Waals surface area (Å²) in [6.45, 7) is 2.65. The lowest BCUT2D eigenvalue weighted by Gasteiger charge is -2.01. The van der Waals surface area contributed by atoms with Gasteiger partial charge in [0.05, 0.1) is 16.4 Å². The molecule has 2 heterocycles. The molecule has 0 aliphatic carbocycles. The minimum Gasteiger partial charge on any atom is -0.356 e. The minimum atomic E-state index is 0.115. The first-order valence-electron chi connectivity index (χ1n) is 6.42. The maximum atomic E-state index is 11.3. The van der Waals surface area contributed by atoms with Crippen molar-refractivity contribution in [1.29, 1.82) is 0 Å². The van der Waals surface area contributed by atoms with Crippen molar-refractivity contribution in [3.63, 3.8) is 0 Å². The largest absolute Gasteiger partial charge is 0.356 e. The third-order valence-corrected chi connectivity index (χ3v) is 3.53. The van der Waals surface area contributed by atoms with E-state index in [-0.39, 0.29) is 5.91 Å². The van der Waals surface area contributed by atoms with Gasteiger partial charge in [-0.15, -0.1) is 11.3 Å². The summed E-state index contributed by atoms with van der Waals surface area (Å²) in [6, 6.07) is 5.79. The molecule has 0 aromatic carbocycles. The van der Waals surface area contributed by atoms with Crippen molar-refractivity contribution in [2.24, 2.45) is 0 Å². The monoisotopic (exact) mass is 275 g/mol. The van der Waals surface area contributed by atoms with Gasteiger partial charge in [0.15, 0.2) is 0 Å². The van der Waals surface area contributed by atoms with Crippen LogP contribution in [0.1, 0.15) is 24.8 Å². The number of rotatable bonds is 6. The van der Waals surface area contributed by atoms with Crippen LogP contribution in [-0.2, 0) is 11.2 Å². The smallest absolute Gasteiger partial charge is 0.219 e. The molecule has 0 spiro atoms. The molecule has 2 rings (SSSR count). The quantitative estimate of drug-likeness (QED) is 0.881. The fourth-order valence-electron chi connectivity index (χ4n) is 1.68. The first-order valence-corrected chi connectivity index (χ1v) is 7.30. The zero-order valence-electron chi connectivity index (χ0n) is 10.9. The zero-order chi connectivity index (χ0) is 13.5. The van der Waals surface area contributed by atoms with Crippen LogP contribution in [0.3, 0.4) is 0 Å². The Labute approximate surface area is 116 Å². The average molecular weight is 275 g/mol. The van der Waals surface area contributed by atoms with Gasteiger partial charge in [0.2, 0.25) is 5.91 Å². The van der Waals surface area contributed by atoms with Crippen LogP contribution in [0.4, 0.5) is 0 Å². The Kier molecular flexibility index (Phi) is 5.03. The van der Waals surface area contributed by atoms with Crippen molar-refractivity contribution in [3.8, 4) is 11.4 Å². The van der Waals surface area contributed by atoms with Crippen LogP contribution in [-0.4, -0.2) is 22.4 Å². The summed E-state index contributed by atoms with van der Waals surface area (Å²) in [5.74, 6) is 0.115. The van der Waals surface area contributed by atoms with Crippen LogP contribution >= 0.6 is 11.3 Å². The third kappa shape index (κ3) is 4.13. The van der Waals surface area contributed by atoms with Crippen molar-refractivity contribution < 1.29 is 4.79 Å². The van der Waals surface area contributed by atoms with Gasteiger partial charge in [0.25, 0.3) is 0 Å². The summed E-state index contributed by atoms with van der Waals surface area (Å²) in [7, 11) is 0. The predicted octanol–water partition coefficient (Wildman–Crippen LogP) is 2.66. The second kappa shape index (κ2) is 6.99. The van der Waals surface area contributed by atoms with E-state index in [9.17, 15) is 4.79 Å². The first kappa shape index (κ1) is 13.7. The second-order valence-corrected chi connectivity index (χ2v) is 5.13. The lowest BCUT2D eigenvalue weighted by atomic mass is 10.3. The topological polar surface area (TPSA) is 54.9 Å². The van der Waals surface area contributed by atoms with E-state index in [1.165, 1.54) is 0 Å². The number of thiazole rings is 1. The van der Waals surface area contributed by atoms with Crippen LogP contribution < -0.4 is 5.32 Å². The summed E-state index contributed by atoms with van der Waals surface area (Å²) >= 11 is 1.61. The molecule has 5 heteroatoms. The van der Waals surface area contributed by atoms with E-state index in [1.807, 2.05) is 30.5 Å². The molecular weight excluding hydrogens is 258 g/mol. The standard InChI is InChI=1S/C14H17N3OS/c1-2-5-13(18)16-9-7-14-17-12(10-19-14)11-6-3-4-8-15-11/h3-4,6,8,10H,2,5,7,9H2,1H3,(H,16,18). The van der Waals surface area contributed by atoms with Gasteiger partial charge in [-0.2, -0.15) is 0 Å². The highest BCUT2D eigenvalue weighted by Crippen LogP contribution is 2.19. The van der Waals surface area contributed by atoms with Crippen molar-refractivity contribution in [2.75, 3.05) is 6.54 Å². The van der Waals surface area contributed by atoms with Crippen molar-refractivity contribution in [3.05, 3.63) is 34.8 Å². The fraction of sp³-hybridized carbons (Fsp3) is 0.357. The zero-order valence-corrected chi connectivity index (χ0v) is 11.7. The Hall–Kier alpha value is -1.75.